The number of anilines is 1. The third-order valence-electron chi connectivity index (χ3n) is 4.15. The molecule has 4 aromatic rings. The van der Waals surface area contributed by atoms with Gasteiger partial charge in [0, 0.05) is 23.3 Å². The zero-order valence-corrected chi connectivity index (χ0v) is 15.3. The van der Waals surface area contributed by atoms with Gasteiger partial charge in [-0.1, -0.05) is 54.6 Å². The van der Waals surface area contributed by atoms with Crippen LogP contribution in [0.15, 0.2) is 84.5 Å². The fourth-order valence-corrected chi connectivity index (χ4v) is 3.47. The van der Waals surface area contributed by atoms with Crippen molar-refractivity contribution in [2.75, 3.05) is 5.32 Å². The Balaban J connectivity index is 1.44. The summed E-state index contributed by atoms with van der Waals surface area (Å²) in [7, 11) is 0. The second-order valence-electron chi connectivity index (χ2n) is 6.09. The molecule has 4 nitrogen and oxygen atoms in total. The molecule has 0 aliphatic rings. The summed E-state index contributed by atoms with van der Waals surface area (Å²) in [6.45, 7) is 0. The lowest BCUT2D eigenvalue weighted by Crippen LogP contribution is -2.11. The van der Waals surface area contributed by atoms with Crippen LogP contribution in [0, 0.1) is 0 Å². The lowest BCUT2D eigenvalue weighted by molar-refractivity contribution is 0.102. The van der Waals surface area contributed by atoms with Gasteiger partial charge in [-0.2, -0.15) is 0 Å². The molecule has 2 heterocycles. The van der Waals surface area contributed by atoms with Gasteiger partial charge >= 0.3 is 0 Å². The van der Waals surface area contributed by atoms with Crippen LogP contribution >= 0.6 is 11.3 Å². The van der Waals surface area contributed by atoms with Crippen molar-refractivity contribution < 1.29 is 4.79 Å². The quantitative estimate of drug-likeness (QED) is 0.534. The van der Waals surface area contributed by atoms with Crippen LogP contribution in [-0.4, -0.2) is 15.9 Å². The number of carbonyl (C=O) groups is 1. The van der Waals surface area contributed by atoms with Crippen LogP contribution in [0.4, 0.5) is 5.13 Å². The predicted molar refractivity (Wildman–Crippen MR) is 109 cm³/mol. The van der Waals surface area contributed by atoms with Crippen LogP contribution in [0.3, 0.4) is 0 Å². The first-order valence-electron chi connectivity index (χ1n) is 8.58. The normalized spacial score (nSPS) is 10.5. The molecule has 0 saturated heterocycles. The number of hydrogen-bond donors (Lipinski definition) is 1. The highest BCUT2D eigenvalue weighted by Crippen LogP contribution is 2.26. The molecular weight excluding hydrogens is 354 g/mol. The molecule has 0 aliphatic carbocycles. The van der Waals surface area contributed by atoms with E-state index in [0.29, 0.717) is 10.7 Å². The van der Waals surface area contributed by atoms with E-state index >= 15 is 0 Å². The van der Waals surface area contributed by atoms with Crippen molar-refractivity contribution in [1.29, 1.82) is 0 Å². The van der Waals surface area contributed by atoms with Crippen molar-refractivity contribution in [1.82, 2.24) is 9.97 Å². The van der Waals surface area contributed by atoms with E-state index < -0.39 is 0 Å². The van der Waals surface area contributed by atoms with Gasteiger partial charge in [0.1, 0.15) is 0 Å². The number of amides is 1. The molecule has 5 heteroatoms. The second kappa shape index (κ2) is 7.93. The molecule has 2 aromatic carbocycles. The van der Waals surface area contributed by atoms with E-state index in [1.807, 2.05) is 11.4 Å². The van der Waals surface area contributed by atoms with Gasteiger partial charge in [0.05, 0.1) is 11.3 Å². The van der Waals surface area contributed by atoms with Gasteiger partial charge in [-0.05, 0) is 29.7 Å². The smallest absolute Gasteiger partial charge is 0.259 e. The first-order valence-corrected chi connectivity index (χ1v) is 9.46. The molecule has 132 valence electrons. The van der Waals surface area contributed by atoms with Gasteiger partial charge in [-0.15, -0.1) is 11.3 Å². The number of aromatic nitrogens is 2. The largest absolute Gasteiger partial charge is 0.298 e. The number of nitrogens with zero attached hydrogens (tertiary/aromatic N) is 2. The van der Waals surface area contributed by atoms with Gasteiger partial charge in [0.15, 0.2) is 5.13 Å². The third kappa shape index (κ3) is 4.27. The Labute approximate surface area is 161 Å². The second-order valence-corrected chi connectivity index (χ2v) is 6.95. The summed E-state index contributed by atoms with van der Waals surface area (Å²) in [5.74, 6) is -0.206. The minimum atomic E-state index is -0.206. The van der Waals surface area contributed by atoms with Gasteiger partial charge in [0.2, 0.25) is 0 Å². The Morgan fingerprint density at radius 1 is 0.926 bits per heavy atom. The molecule has 0 fully saturated rings. The van der Waals surface area contributed by atoms with E-state index in [1.54, 1.807) is 18.3 Å². The van der Waals surface area contributed by atoms with Gasteiger partial charge in [0.25, 0.3) is 5.91 Å². The molecule has 0 atom stereocenters. The predicted octanol–water partition coefficient (Wildman–Crippen LogP) is 5.05. The number of hydrogen-bond acceptors (Lipinski definition) is 4. The lowest BCUT2D eigenvalue weighted by Gasteiger charge is -2.03. The number of benzene rings is 2. The van der Waals surface area contributed by atoms with E-state index in [4.69, 9.17) is 0 Å². The first-order chi connectivity index (χ1) is 13.3. The average Bonchev–Trinajstić information content (AvgIpc) is 3.18. The Kier molecular flexibility index (Phi) is 5.03. The van der Waals surface area contributed by atoms with Crippen molar-refractivity contribution in [3.8, 4) is 11.3 Å². The molecule has 4 rings (SSSR count). The first kappa shape index (κ1) is 17.1. The molecule has 0 spiro atoms. The Morgan fingerprint density at radius 2 is 1.70 bits per heavy atom. The lowest BCUT2D eigenvalue weighted by atomic mass is 10.0. The fourth-order valence-electron chi connectivity index (χ4n) is 2.76. The maximum absolute atomic E-state index is 12.2. The maximum Gasteiger partial charge on any atom is 0.259 e. The minimum absolute atomic E-state index is 0.206. The van der Waals surface area contributed by atoms with E-state index in [-0.39, 0.29) is 5.91 Å². The molecule has 0 saturated carbocycles. The van der Waals surface area contributed by atoms with E-state index in [9.17, 15) is 4.79 Å². The standard InChI is InChI=1S/C22H17N3OS/c26-21(19-7-4-12-23-14-19)25-22-24-20(15-27-22)18-10-8-17(9-11-18)13-16-5-2-1-3-6-16/h1-12,14-15H,13H2,(H,24,25,26). The highest BCUT2D eigenvalue weighted by molar-refractivity contribution is 7.14. The molecule has 1 amide bonds. The van der Waals surface area contributed by atoms with Crippen LogP contribution in [0.25, 0.3) is 11.3 Å². The fraction of sp³-hybridized carbons (Fsp3) is 0.0455. The Morgan fingerprint density at radius 3 is 2.44 bits per heavy atom. The number of thiazole rings is 1. The van der Waals surface area contributed by atoms with Crippen molar-refractivity contribution in [3.63, 3.8) is 0 Å². The number of rotatable bonds is 5. The topological polar surface area (TPSA) is 54.9 Å². The minimum Gasteiger partial charge on any atom is -0.298 e. The summed E-state index contributed by atoms with van der Waals surface area (Å²) in [6, 6.07) is 22.2. The highest BCUT2D eigenvalue weighted by Gasteiger charge is 2.10. The van der Waals surface area contributed by atoms with Crippen LogP contribution < -0.4 is 5.32 Å². The van der Waals surface area contributed by atoms with Crippen LogP contribution in [-0.2, 0) is 6.42 Å². The zero-order chi connectivity index (χ0) is 18.5. The molecular formula is C22H17N3OS. The third-order valence-corrected chi connectivity index (χ3v) is 4.91. The molecule has 1 N–H and O–H groups in total. The Bertz CT molecular complexity index is 1030. The molecule has 0 radical (unpaired) electrons. The van der Waals surface area contributed by atoms with E-state index in [1.165, 1.54) is 28.7 Å². The van der Waals surface area contributed by atoms with Crippen LogP contribution in [0.1, 0.15) is 21.5 Å². The summed E-state index contributed by atoms with van der Waals surface area (Å²) in [6.07, 6.45) is 4.08. The van der Waals surface area contributed by atoms with Gasteiger partial charge in [-0.3, -0.25) is 15.1 Å². The maximum atomic E-state index is 12.2. The van der Waals surface area contributed by atoms with Crippen LogP contribution in [0.2, 0.25) is 0 Å². The average molecular weight is 371 g/mol. The van der Waals surface area contributed by atoms with E-state index in [0.717, 1.165) is 17.7 Å². The molecule has 2 aromatic heterocycles. The molecule has 0 bridgehead atoms. The van der Waals surface area contributed by atoms with Crippen molar-refractivity contribution >= 4 is 22.4 Å². The molecule has 0 unspecified atom stereocenters. The van der Waals surface area contributed by atoms with Gasteiger partial charge in [-0.25, -0.2) is 4.98 Å². The van der Waals surface area contributed by atoms with Crippen molar-refractivity contribution in [2.45, 2.75) is 6.42 Å². The van der Waals surface area contributed by atoms with Crippen LogP contribution in [0.5, 0.6) is 0 Å². The highest BCUT2D eigenvalue weighted by atomic mass is 32.1. The molecule has 0 aliphatic heterocycles. The summed E-state index contributed by atoms with van der Waals surface area (Å²) >= 11 is 1.41. The Hall–Kier alpha value is -3.31. The zero-order valence-electron chi connectivity index (χ0n) is 14.5. The summed E-state index contributed by atoms with van der Waals surface area (Å²) < 4.78 is 0. The molecule has 27 heavy (non-hydrogen) atoms. The monoisotopic (exact) mass is 371 g/mol. The summed E-state index contributed by atoms with van der Waals surface area (Å²) in [4.78, 5) is 20.7. The number of nitrogens with one attached hydrogen (secondary N) is 1. The SMILES string of the molecule is O=C(Nc1nc(-c2ccc(Cc3ccccc3)cc2)cs1)c1cccnc1. The van der Waals surface area contributed by atoms with Crippen molar-refractivity contribution in [2.24, 2.45) is 0 Å². The van der Waals surface area contributed by atoms with Crippen molar-refractivity contribution in [3.05, 3.63) is 101 Å². The number of pyridine rings is 1. The summed E-state index contributed by atoms with van der Waals surface area (Å²) in [5, 5.41) is 5.35. The number of carbonyl (C=O) groups excluding carboxylic acids is 1. The van der Waals surface area contributed by atoms with Gasteiger partial charge < -0.3 is 0 Å². The summed E-state index contributed by atoms with van der Waals surface area (Å²) in [5.41, 5.74) is 4.95. The van der Waals surface area contributed by atoms with E-state index in [2.05, 4.69) is 63.8 Å².